The zero-order valence-corrected chi connectivity index (χ0v) is 17.1. The Hall–Kier alpha value is -2.89. The molecule has 6 nitrogen and oxygen atoms in total. The Morgan fingerprint density at radius 3 is 2.23 bits per heavy atom. The SMILES string of the molecule is COc1cc([N+](=O)[O-])cc(C=Nc2ccc(C34CC5CC(CC(C5)C3)C4)cc2)c1O. The van der Waals surface area contributed by atoms with Crippen LogP contribution in [0.2, 0.25) is 0 Å². The maximum atomic E-state index is 11.1. The Kier molecular flexibility index (Phi) is 4.53. The lowest BCUT2D eigenvalue weighted by molar-refractivity contribution is -0.385. The van der Waals surface area contributed by atoms with E-state index in [9.17, 15) is 15.2 Å². The molecule has 6 rings (SSSR count). The van der Waals surface area contributed by atoms with Crippen molar-refractivity contribution in [2.24, 2.45) is 22.7 Å². The van der Waals surface area contributed by atoms with Crippen molar-refractivity contribution in [2.75, 3.05) is 7.11 Å². The van der Waals surface area contributed by atoms with Gasteiger partial charge in [-0.2, -0.15) is 0 Å². The van der Waals surface area contributed by atoms with E-state index in [2.05, 4.69) is 17.1 Å². The fourth-order valence-corrected chi connectivity index (χ4v) is 6.48. The van der Waals surface area contributed by atoms with E-state index in [0.29, 0.717) is 5.41 Å². The van der Waals surface area contributed by atoms with Crippen molar-refractivity contribution in [2.45, 2.75) is 43.9 Å². The molecule has 0 unspecified atom stereocenters. The first-order valence-corrected chi connectivity index (χ1v) is 10.7. The van der Waals surface area contributed by atoms with Gasteiger partial charge in [-0.3, -0.25) is 15.1 Å². The van der Waals surface area contributed by atoms with E-state index in [4.69, 9.17) is 4.74 Å². The van der Waals surface area contributed by atoms with E-state index in [1.54, 1.807) is 0 Å². The van der Waals surface area contributed by atoms with Crippen molar-refractivity contribution in [1.82, 2.24) is 0 Å². The van der Waals surface area contributed by atoms with Crippen LogP contribution < -0.4 is 4.74 Å². The highest BCUT2D eigenvalue weighted by Crippen LogP contribution is 2.60. The molecule has 4 saturated carbocycles. The maximum Gasteiger partial charge on any atom is 0.274 e. The summed E-state index contributed by atoms with van der Waals surface area (Å²) in [6.07, 6.45) is 9.70. The van der Waals surface area contributed by atoms with Gasteiger partial charge in [0.1, 0.15) is 0 Å². The number of aromatic hydroxyl groups is 1. The first kappa shape index (κ1) is 19.1. The van der Waals surface area contributed by atoms with Crippen molar-refractivity contribution >= 4 is 17.6 Å². The van der Waals surface area contributed by atoms with Gasteiger partial charge in [0.25, 0.3) is 5.69 Å². The van der Waals surface area contributed by atoms with Gasteiger partial charge in [-0.05, 0) is 79.4 Å². The van der Waals surface area contributed by atoms with Gasteiger partial charge in [0.2, 0.25) is 0 Å². The summed E-state index contributed by atoms with van der Waals surface area (Å²) in [7, 11) is 1.36. The molecular formula is C24H26N2O4. The standard InChI is InChI=1S/C24H26N2O4/c1-30-22-10-21(26(28)29)9-18(23(22)27)14-25-20-4-2-19(3-5-20)24-11-15-6-16(12-24)8-17(7-15)13-24/h2-5,9-10,14-17,27H,6-8,11-13H2,1H3. The Balaban J connectivity index is 1.39. The average molecular weight is 406 g/mol. The van der Waals surface area contributed by atoms with Gasteiger partial charge in [-0.1, -0.05) is 12.1 Å². The summed E-state index contributed by atoms with van der Waals surface area (Å²) in [5.41, 5.74) is 2.64. The average Bonchev–Trinajstić information content (AvgIpc) is 2.72. The molecule has 6 heteroatoms. The van der Waals surface area contributed by atoms with Crippen molar-refractivity contribution in [3.05, 3.63) is 57.6 Å². The molecule has 2 aromatic carbocycles. The molecule has 0 aromatic heterocycles. The van der Waals surface area contributed by atoms with Crippen LogP contribution in [0.25, 0.3) is 0 Å². The van der Waals surface area contributed by atoms with Crippen LogP contribution in [-0.4, -0.2) is 23.4 Å². The Morgan fingerprint density at radius 2 is 1.70 bits per heavy atom. The van der Waals surface area contributed by atoms with Crippen LogP contribution in [0.4, 0.5) is 11.4 Å². The number of non-ortho nitro benzene ring substituents is 1. The minimum absolute atomic E-state index is 0.0582. The first-order chi connectivity index (χ1) is 14.5. The van der Waals surface area contributed by atoms with Gasteiger partial charge in [0.15, 0.2) is 11.5 Å². The molecule has 2 aromatic rings. The fourth-order valence-electron chi connectivity index (χ4n) is 6.48. The van der Waals surface area contributed by atoms with Gasteiger partial charge < -0.3 is 9.84 Å². The zero-order chi connectivity index (χ0) is 20.9. The number of phenols is 1. The number of ether oxygens (including phenoxy) is 1. The predicted molar refractivity (Wildman–Crippen MR) is 115 cm³/mol. The van der Waals surface area contributed by atoms with Crippen molar-refractivity contribution in [3.63, 3.8) is 0 Å². The minimum atomic E-state index is -0.514. The smallest absolute Gasteiger partial charge is 0.274 e. The number of nitrogens with zero attached hydrogens (tertiary/aromatic N) is 2. The first-order valence-electron chi connectivity index (χ1n) is 10.7. The van der Waals surface area contributed by atoms with Crippen molar-refractivity contribution in [1.29, 1.82) is 0 Å². The minimum Gasteiger partial charge on any atom is -0.504 e. The van der Waals surface area contributed by atoms with Crippen molar-refractivity contribution in [3.8, 4) is 11.5 Å². The molecule has 4 fully saturated rings. The molecular weight excluding hydrogens is 380 g/mol. The van der Waals surface area contributed by atoms with Crippen LogP contribution in [0.15, 0.2) is 41.4 Å². The van der Waals surface area contributed by atoms with Gasteiger partial charge in [-0.15, -0.1) is 0 Å². The van der Waals surface area contributed by atoms with E-state index < -0.39 is 4.92 Å². The number of aliphatic imine (C=N–C) groups is 1. The number of nitro benzene ring substituents is 1. The molecule has 0 heterocycles. The topological polar surface area (TPSA) is 85.0 Å². The van der Waals surface area contributed by atoms with Crippen LogP contribution in [-0.2, 0) is 5.41 Å². The second-order valence-electron chi connectivity index (χ2n) is 9.35. The van der Waals surface area contributed by atoms with Gasteiger partial charge in [-0.25, -0.2) is 0 Å². The number of nitro groups is 1. The second-order valence-corrected chi connectivity index (χ2v) is 9.35. The summed E-state index contributed by atoms with van der Waals surface area (Å²) in [6, 6.07) is 10.9. The number of phenolic OH excluding ortho intramolecular Hbond substituents is 1. The molecule has 156 valence electrons. The summed E-state index contributed by atoms with van der Waals surface area (Å²) in [5.74, 6) is 2.61. The van der Waals surface area contributed by atoms with E-state index in [1.165, 1.54) is 69.5 Å². The maximum absolute atomic E-state index is 11.1. The number of rotatable bonds is 5. The number of hydrogen-bond acceptors (Lipinski definition) is 5. The Bertz CT molecular complexity index is 977. The molecule has 4 aliphatic rings. The van der Waals surface area contributed by atoms with Crippen LogP contribution in [0.1, 0.15) is 49.7 Å². The molecule has 0 atom stereocenters. The molecule has 0 amide bonds. The number of methoxy groups -OCH3 is 1. The van der Waals surface area contributed by atoms with Crippen molar-refractivity contribution < 1.29 is 14.8 Å². The third kappa shape index (κ3) is 3.24. The van der Waals surface area contributed by atoms with Crippen LogP contribution in [0.3, 0.4) is 0 Å². The lowest BCUT2D eigenvalue weighted by Crippen LogP contribution is -2.48. The van der Waals surface area contributed by atoms with Crippen LogP contribution >= 0.6 is 0 Å². The predicted octanol–water partition coefficient (Wildman–Crippen LogP) is 5.53. The molecule has 4 bridgehead atoms. The molecule has 0 spiro atoms. The van der Waals surface area contributed by atoms with Gasteiger partial charge in [0.05, 0.1) is 23.8 Å². The third-order valence-corrected chi connectivity index (χ3v) is 7.39. The number of benzene rings is 2. The van der Waals surface area contributed by atoms with E-state index in [-0.39, 0.29) is 22.7 Å². The number of hydrogen-bond donors (Lipinski definition) is 1. The molecule has 0 saturated heterocycles. The summed E-state index contributed by atoms with van der Waals surface area (Å²) in [4.78, 5) is 15.1. The normalized spacial score (nSPS) is 29.4. The molecule has 0 aliphatic heterocycles. The van der Waals surface area contributed by atoms with E-state index >= 15 is 0 Å². The third-order valence-electron chi connectivity index (χ3n) is 7.39. The summed E-state index contributed by atoms with van der Waals surface area (Å²) < 4.78 is 5.05. The highest BCUT2D eigenvalue weighted by Gasteiger charge is 2.51. The zero-order valence-electron chi connectivity index (χ0n) is 17.1. The van der Waals surface area contributed by atoms with Crippen LogP contribution in [0, 0.1) is 27.9 Å². The van der Waals surface area contributed by atoms with E-state index in [1.807, 2.05) is 12.1 Å². The van der Waals surface area contributed by atoms with Crippen LogP contribution in [0.5, 0.6) is 11.5 Å². The highest BCUT2D eigenvalue weighted by molar-refractivity contribution is 5.88. The Morgan fingerprint density at radius 1 is 1.10 bits per heavy atom. The van der Waals surface area contributed by atoms with Gasteiger partial charge in [0, 0.05) is 17.8 Å². The highest BCUT2D eigenvalue weighted by atomic mass is 16.6. The quantitative estimate of drug-likeness (QED) is 0.402. The summed E-state index contributed by atoms with van der Waals surface area (Å²) in [5, 5.41) is 21.4. The largest absolute Gasteiger partial charge is 0.504 e. The molecule has 1 N–H and O–H groups in total. The van der Waals surface area contributed by atoms with E-state index in [0.717, 1.165) is 23.4 Å². The molecule has 0 radical (unpaired) electrons. The monoisotopic (exact) mass is 406 g/mol. The van der Waals surface area contributed by atoms with Gasteiger partial charge >= 0.3 is 0 Å². The molecule has 4 aliphatic carbocycles. The fraction of sp³-hybridized carbons (Fsp3) is 0.458. The summed E-state index contributed by atoms with van der Waals surface area (Å²) >= 11 is 0. The lowest BCUT2D eigenvalue weighted by atomic mass is 9.48. The lowest BCUT2D eigenvalue weighted by Gasteiger charge is -2.57. The Labute approximate surface area is 175 Å². The molecule has 30 heavy (non-hydrogen) atoms. The summed E-state index contributed by atoms with van der Waals surface area (Å²) in [6.45, 7) is 0. The second kappa shape index (κ2) is 7.11.